The molecule has 0 fully saturated rings. The van der Waals surface area contributed by atoms with Gasteiger partial charge < -0.3 is 16.8 Å². The molecule has 0 aliphatic carbocycles. The summed E-state index contributed by atoms with van der Waals surface area (Å²) in [5, 5.41) is 2.95. The fraction of sp³-hybridized carbons (Fsp3) is 0.0714. The highest BCUT2D eigenvalue weighted by Gasteiger charge is 2.09. The summed E-state index contributed by atoms with van der Waals surface area (Å²) in [7, 11) is 0. The lowest BCUT2D eigenvalue weighted by atomic mass is 10.1. The molecule has 0 unspecified atom stereocenters. The Kier molecular flexibility index (Phi) is 3.84. The van der Waals surface area contributed by atoms with Crippen LogP contribution in [-0.4, -0.2) is 5.91 Å². The first-order valence-corrected chi connectivity index (χ1v) is 5.85. The lowest BCUT2D eigenvalue weighted by Gasteiger charge is -2.11. The van der Waals surface area contributed by atoms with E-state index in [1.807, 2.05) is 0 Å². The minimum atomic E-state index is -0.914. The number of primary amides is 1. The van der Waals surface area contributed by atoms with Crippen molar-refractivity contribution >= 4 is 17.3 Å². The third-order valence-corrected chi connectivity index (χ3v) is 2.84. The molecule has 0 atom stereocenters. The number of hydrogen-bond donors (Lipinski definition) is 3. The lowest BCUT2D eigenvalue weighted by Crippen LogP contribution is -2.14. The Balaban J connectivity index is 2.17. The van der Waals surface area contributed by atoms with E-state index in [0.717, 1.165) is 12.1 Å². The Labute approximate surface area is 114 Å². The SMILES string of the molecule is NC(=O)c1cccc(NCc2ccc(F)c(F)c2)c1N. The van der Waals surface area contributed by atoms with Crippen LogP contribution in [0.3, 0.4) is 0 Å². The minimum absolute atomic E-state index is 0.209. The number of nitrogens with one attached hydrogen (secondary N) is 1. The summed E-state index contributed by atoms with van der Waals surface area (Å²) in [4.78, 5) is 11.2. The molecule has 1 amide bonds. The molecule has 0 aromatic heterocycles. The van der Waals surface area contributed by atoms with Gasteiger partial charge in [-0.25, -0.2) is 8.78 Å². The zero-order valence-electron chi connectivity index (χ0n) is 10.5. The summed E-state index contributed by atoms with van der Waals surface area (Å²) in [6, 6.07) is 8.41. The van der Waals surface area contributed by atoms with Crippen molar-refractivity contribution in [2.45, 2.75) is 6.54 Å². The molecule has 2 aromatic carbocycles. The average Bonchev–Trinajstić information content (AvgIpc) is 2.41. The number of hydrogen-bond acceptors (Lipinski definition) is 3. The van der Waals surface area contributed by atoms with Crippen LogP contribution in [0.15, 0.2) is 36.4 Å². The van der Waals surface area contributed by atoms with Gasteiger partial charge in [0.15, 0.2) is 11.6 Å². The highest BCUT2D eigenvalue weighted by molar-refractivity contribution is 6.00. The van der Waals surface area contributed by atoms with Crippen LogP contribution in [0.4, 0.5) is 20.2 Å². The van der Waals surface area contributed by atoms with Gasteiger partial charge in [0, 0.05) is 6.54 Å². The fourth-order valence-corrected chi connectivity index (χ4v) is 1.78. The van der Waals surface area contributed by atoms with Crippen molar-refractivity contribution in [1.82, 2.24) is 0 Å². The van der Waals surface area contributed by atoms with Crippen molar-refractivity contribution in [2.75, 3.05) is 11.1 Å². The Morgan fingerprint density at radius 3 is 2.55 bits per heavy atom. The molecule has 5 N–H and O–H groups in total. The summed E-state index contributed by atoms with van der Waals surface area (Å²) in [6.45, 7) is 0.240. The van der Waals surface area contributed by atoms with Crippen LogP contribution in [-0.2, 0) is 6.54 Å². The van der Waals surface area contributed by atoms with Crippen molar-refractivity contribution < 1.29 is 13.6 Å². The van der Waals surface area contributed by atoms with Gasteiger partial charge in [0.25, 0.3) is 5.91 Å². The van der Waals surface area contributed by atoms with E-state index in [1.165, 1.54) is 12.1 Å². The van der Waals surface area contributed by atoms with Gasteiger partial charge in [0.2, 0.25) is 0 Å². The van der Waals surface area contributed by atoms with Gasteiger partial charge in [-0.2, -0.15) is 0 Å². The fourth-order valence-electron chi connectivity index (χ4n) is 1.78. The van der Waals surface area contributed by atoms with Crippen molar-refractivity contribution in [3.8, 4) is 0 Å². The van der Waals surface area contributed by atoms with Gasteiger partial charge in [-0.05, 0) is 29.8 Å². The molecule has 0 radical (unpaired) electrons. The molecule has 0 saturated heterocycles. The normalized spacial score (nSPS) is 10.3. The monoisotopic (exact) mass is 277 g/mol. The number of carbonyl (C=O) groups is 1. The summed E-state index contributed by atoms with van der Waals surface area (Å²) in [5.74, 6) is -2.44. The van der Waals surface area contributed by atoms with E-state index in [9.17, 15) is 13.6 Å². The largest absolute Gasteiger partial charge is 0.396 e. The molecule has 0 saturated carbocycles. The number of carbonyl (C=O) groups excluding carboxylic acids is 1. The third kappa shape index (κ3) is 2.85. The van der Waals surface area contributed by atoms with Crippen molar-refractivity contribution in [3.05, 3.63) is 59.2 Å². The van der Waals surface area contributed by atoms with E-state index in [4.69, 9.17) is 11.5 Å². The number of rotatable bonds is 4. The molecule has 2 rings (SSSR count). The van der Waals surface area contributed by atoms with E-state index < -0.39 is 17.5 Å². The number of benzene rings is 2. The summed E-state index contributed by atoms with van der Waals surface area (Å²) in [6.07, 6.45) is 0. The highest BCUT2D eigenvalue weighted by atomic mass is 19.2. The Morgan fingerprint density at radius 2 is 1.90 bits per heavy atom. The Hall–Kier alpha value is -2.63. The van der Waals surface area contributed by atoms with Crippen molar-refractivity contribution in [1.29, 1.82) is 0 Å². The first-order valence-electron chi connectivity index (χ1n) is 5.85. The molecular formula is C14H13F2N3O. The molecule has 6 heteroatoms. The molecule has 0 aliphatic rings. The Bertz CT molecular complexity index is 659. The van der Waals surface area contributed by atoms with Crippen molar-refractivity contribution in [3.63, 3.8) is 0 Å². The third-order valence-electron chi connectivity index (χ3n) is 2.84. The van der Waals surface area contributed by atoms with Gasteiger partial charge in [0.05, 0.1) is 16.9 Å². The van der Waals surface area contributed by atoms with Crippen molar-refractivity contribution in [2.24, 2.45) is 5.73 Å². The van der Waals surface area contributed by atoms with Crippen LogP contribution >= 0.6 is 0 Å². The number of amides is 1. The topological polar surface area (TPSA) is 81.1 Å². The van der Waals surface area contributed by atoms with Gasteiger partial charge in [-0.1, -0.05) is 12.1 Å². The van der Waals surface area contributed by atoms with Crippen LogP contribution < -0.4 is 16.8 Å². The van der Waals surface area contributed by atoms with Crippen LogP contribution in [0.5, 0.6) is 0 Å². The molecule has 4 nitrogen and oxygen atoms in total. The molecule has 0 aliphatic heterocycles. The van der Waals surface area contributed by atoms with E-state index >= 15 is 0 Å². The standard InChI is InChI=1S/C14H13F2N3O/c15-10-5-4-8(6-11(10)16)7-19-12-3-1-2-9(13(12)17)14(18)20/h1-6,19H,7,17H2,(H2,18,20). The molecule has 20 heavy (non-hydrogen) atoms. The summed E-state index contributed by atoms with van der Waals surface area (Å²) < 4.78 is 25.9. The lowest BCUT2D eigenvalue weighted by molar-refractivity contribution is 0.100. The second-order valence-corrected chi connectivity index (χ2v) is 4.23. The van der Waals surface area contributed by atoms with Gasteiger partial charge >= 0.3 is 0 Å². The second kappa shape index (κ2) is 5.56. The number of halogens is 2. The van der Waals surface area contributed by atoms with Gasteiger partial charge in [-0.3, -0.25) is 4.79 Å². The highest BCUT2D eigenvalue weighted by Crippen LogP contribution is 2.23. The smallest absolute Gasteiger partial charge is 0.250 e. The first-order chi connectivity index (χ1) is 9.49. The van der Waals surface area contributed by atoms with E-state index in [-0.39, 0.29) is 17.8 Å². The molecule has 0 bridgehead atoms. The number of nitrogens with two attached hydrogens (primary N) is 2. The van der Waals surface area contributed by atoms with Gasteiger partial charge in [-0.15, -0.1) is 0 Å². The quantitative estimate of drug-likeness (QED) is 0.750. The van der Waals surface area contributed by atoms with Crippen LogP contribution in [0, 0.1) is 11.6 Å². The van der Waals surface area contributed by atoms with E-state index in [2.05, 4.69) is 5.32 Å². The summed E-state index contributed by atoms with van der Waals surface area (Å²) >= 11 is 0. The van der Waals surface area contributed by atoms with E-state index in [0.29, 0.717) is 11.3 Å². The molecular weight excluding hydrogens is 264 g/mol. The summed E-state index contributed by atoms with van der Waals surface area (Å²) in [5.41, 5.74) is 12.5. The molecule has 0 heterocycles. The van der Waals surface area contributed by atoms with Crippen LogP contribution in [0.25, 0.3) is 0 Å². The minimum Gasteiger partial charge on any atom is -0.396 e. The number of nitrogen functional groups attached to an aromatic ring is 1. The maximum atomic E-state index is 13.1. The average molecular weight is 277 g/mol. The Morgan fingerprint density at radius 1 is 1.15 bits per heavy atom. The van der Waals surface area contributed by atoms with Gasteiger partial charge in [0.1, 0.15) is 0 Å². The first kappa shape index (κ1) is 13.8. The van der Waals surface area contributed by atoms with E-state index in [1.54, 1.807) is 12.1 Å². The van der Waals surface area contributed by atoms with Crippen LogP contribution in [0.2, 0.25) is 0 Å². The molecule has 104 valence electrons. The molecule has 0 spiro atoms. The van der Waals surface area contributed by atoms with Crippen LogP contribution in [0.1, 0.15) is 15.9 Å². The molecule has 2 aromatic rings. The second-order valence-electron chi connectivity index (χ2n) is 4.23. The maximum Gasteiger partial charge on any atom is 0.250 e. The number of para-hydroxylation sites is 1. The predicted molar refractivity (Wildman–Crippen MR) is 73.1 cm³/mol. The zero-order chi connectivity index (χ0) is 14.7. The maximum absolute atomic E-state index is 13.1. The predicted octanol–water partition coefficient (Wildman–Crippen LogP) is 2.26. The number of anilines is 2. The zero-order valence-corrected chi connectivity index (χ0v) is 10.5.